The Labute approximate surface area is 121 Å². The zero-order valence-corrected chi connectivity index (χ0v) is 12.6. The van der Waals surface area contributed by atoms with Crippen LogP contribution in [0.1, 0.15) is 25.5 Å². The molecule has 1 fully saturated rings. The predicted molar refractivity (Wildman–Crippen MR) is 84.9 cm³/mol. The maximum atomic E-state index is 3.65. The summed E-state index contributed by atoms with van der Waals surface area (Å²) in [6.45, 7) is 6.79. The van der Waals surface area contributed by atoms with Crippen molar-refractivity contribution in [3.63, 3.8) is 0 Å². The Morgan fingerprint density at radius 2 is 2.15 bits per heavy atom. The van der Waals surface area contributed by atoms with Crippen LogP contribution in [-0.2, 0) is 13.6 Å². The van der Waals surface area contributed by atoms with Gasteiger partial charge in [0.05, 0.1) is 0 Å². The van der Waals surface area contributed by atoms with Gasteiger partial charge in [0.2, 0.25) is 0 Å². The molecule has 0 unspecified atom stereocenters. The summed E-state index contributed by atoms with van der Waals surface area (Å²) in [5, 5.41) is 4.98. The Morgan fingerprint density at radius 1 is 1.30 bits per heavy atom. The molecular weight excluding hydrogens is 246 g/mol. The molecule has 0 radical (unpaired) electrons. The number of nitrogens with one attached hydrogen (secondary N) is 1. The molecule has 1 aromatic carbocycles. The number of hydrogen-bond donors (Lipinski definition) is 1. The first-order chi connectivity index (χ1) is 9.79. The Morgan fingerprint density at radius 3 is 2.95 bits per heavy atom. The molecule has 1 aromatic heterocycles. The lowest BCUT2D eigenvalue weighted by Crippen LogP contribution is -2.37. The van der Waals surface area contributed by atoms with Gasteiger partial charge in [-0.3, -0.25) is 4.90 Å². The lowest BCUT2D eigenvalue weighted by atomic mass is 10.2. The molecule has 1 N–H and O–H groups in total. The topological polar surface area (TPSA) is 20.2 Å². The van der Waals surface area contributed by atoms with Crippen molar-refractivity contribution in [2.24, 2.45) is 7.05 Å². The second kappa shape index (κ2) is 5.98. The van der Waals surface area contributed by atoms with Crippen molar-refractivity contribution in [1.82, 2.24) is 14.8 Å². The molecule has 1 aliphatic heterocycles. The third-order valence-electron chi connectivity index (χ3n) is 4.64. The average molecular weight is 271 g/mol. The fourth-order valence-electron chi connectivity index (χ4n) is 3.43. The summed E-state index contributed by atoms with van der Waals surface area (Å²) in [6.07, 6.45) is 2.70. The van der Waals surface area contributed by atoms with Crippen LogP contribution in [0.3, 0.4) is 0 Å². The average Bonchev–Trinajstić information content (AvgIpc) is 3.05. The summed E-state index contributed by atoms with van der Waals surface area (Å²) < 4.78 is 2.30. The van der Waals surface area contributed by atoms with Gasteiger partial charge in [-0.1, -0.05) is 25.1 Å². The van der Waals surface area contributed by atoms with E-state index in [1.54, 1.807) is 0 Å². The van der Waals surface area contributed by atoms with Crippen molar-refractivity contribution in [3.05, 3.63) is 36.0 Å². The molecule has 0 aliphatic carbocycles. The van der Waals surface area contributed by atoms with E-state index < -0.39 is 0 Å². The van der Waals surface area contributed by atoms with Crippen molar-refractivity contribution in [1.29, 1.82) is 0 Å². The van der Waals surface area contributed by atoms with E-state index in [4.69, 9.17) is 0 Å². The minimum absolute atomic E-state index is 0.731. The second-order valence-corrected chi connectivity index (χ2v) is 5.81. The van der Waals surface area contributed by atoms with Crippen molar-refractivity contribution in [3.8, 4) is 0 Å². The van der Waals surface area contributed by atoms with Crippen LogP contribution in [0.5, 0.6) is 0 Å². The van der Waals surface area contributed by atoms with Crippen LogP contribution in [0.15, 0.2) is 30.3 Å². The number of aromatic nitrogens is 1. The van der Waals surface area contributed by atoms with Crippen LogP contribution in [0.4, 0.5) is 0 Å². The van der Waals surface area contributed by atoms with E-state index in [9.17, 15) is 0 Å². The number of hydrogen-bond acceptors (Lipinski definition) is 2. The Hall–Kier alpha value is -1.32. The highest BCUT2D eigenvalue weighted by molar-refractivity contribution is 5.81. The van der Waals surface area contributed by atoms with Gasteiger partial charge in [-0.25, -0.2) is 0 Å². The smallest absolute Gasteiger partial charge is 0.0480 e. The SMILES string of the molecule is CCN1CCC[C@@H]1CNCc1cc2ccccc2n1C. The molecule has 0 amide bonds. The van der Waals surface area contributed by atoms with Gasteiger partial charge >= 0.3 is 0 Å². The summed E-state index contributed by atoms with van der Waals surface area (Å²) in [5.74, 6) is 0. The van der Waals surface area contributed by atoms with Crippen molar-refractivity contribution >= 4 is 10.9 Å². The minimum atomic E-state index is 0.731. The van der Waals surface area contributed by atoms with Crippen LogP contribution in [0.2, 0.25) is 0 Å². The van der Waals surface area contributed by atoms with E-state index >= 15 is 0 Å². The van der Waals surface area contributed by atoms with Gasteiger partial charge < -0.3 is 9.88 Å². The quantitative estimate of drug-likeness (QED) is 0.902. The van der Waals surface area contributed by atoms with Crippen LogP contribution in [0, 0.1) is 0 Å². The molecule has 3 nitrogen and oxygen atoms in total. The van der Waals surface area contributed by atoms with Crippen LogP contribution in [-0.4, -0.2) is 35.1 Å². The van der Waals surface area contributed by atoms with Gasteiger partial charge in [-0.2, -0.15) is 0 Å². The van der Waals surface area contributed by atoms with Crippen LogP contribution < -0.4 is 5.32 Å². The largest absolute Gasteiger partial charge is 0.346 e. The van der Waals surface area contributed by atoms with E-state index in [1.807, 2.05) is 0 Å². The number of benzene rings is 1. The van der Waals surface area contributed by atoms with E-state index in [2.05, 4.69) is 59.1 Å². The number of nitrogens with zero attached hydrogens (tertiary/aromatic N) is 2. The van der Waals surface area contributed by atoms with Crippen LogP contribution in [0.25, 0.3) is 10.9 Å². The van der Waals surface area contributed by atoms with Crippen molar-refractivity contribution in [2.45, 2.75) is 32.4 Å². The number of fused-ring (bicyclic) bond motifs is 1. The molecule has 0 saturated carbocycles. The maximum absolute atomic E-state index is 3.65. The highest BCUT2D eigenvalue weighted by Crippen LogP contribution is 2.19. The standard InChI is InChI=1S/C17H25N3/c1-3-20-10-6-8-15(20)12-18-13-16-11-14-7-4-5-9-17(14)19(16)2/h4-5,7,9,11,15,18H,3,6,8,10,12-13H2,1-2H3/t15-/m1/s1. The molecule has 20 heavy (non-hydrogen) atoms. The summed E-state index contributed by atoms with van der Waals surface area (Å²) in [7, 11) is 2.16. The van der Waals surface area contributed by atoms with E-state index in [0.717, 1.165) is 19.1 Å². The van der Waals surface area contributed by atoms with Gasteiger partial charge in [0, 0.05) is 37.4 Å². The second-order valence-electron chi connectivity index (χ2n) is 5.81. The van der Waals surface area contributed by atoms with Crippen LogP contribution >= 0.6 is 0 Å². The molecule has 1 saturated heterocycles. The molecule has 3 heteroatoms. The van der Waals surface area contributed by atoms with Crippen molar-refractivity contribution < 1.29 is 0 Å². The predicted octanol–water partition coefficient (Wildman–Crippen LogP) is 2.75. The number of likely N-dealkylation sites (N-methyl/N-ethyl adjacent to an activating group) is 1. The lowest BCUT2D eigenvalue weighted by Gasteiger charge is -2.23. The lowest BCUT2D eigenvalue weighted by molar-refractivity contribution is 0.259. The fourth-order valence-corrected chi connectivity index (χ4v) is 3.43. The number of likely N-dealkylation sites (tertiary alicyclic amines) is 1. The van der Waals surface area contributed by atoms with Crippen molar-refractivity contribution in [2.75, 3.05) is 19.6 Å². The summed E-state index contributed by atoms with van der Waals surface area (Å²) >= 11 is 0. The Kier molecular flexibility index (Phi) is 4.08. The first kappa shape index (κ1) is 13.7. The normalized spacial score (nSPS) is 20.0. The zero-order chi connectivity index (χ0) is 13.9. The third kappa shape index (κ3) is 2.60. The van der Waals surface area contributed by atoms with Gasteiger partial charge in [0.25, 0.3) is 0 Å². The summed E-state index contributed by atoms with van der Waals surface area (Å²) in [6, 6.07) is 11.6. The van der Waals surface area contributed by atoms with E-state index in [1.165, 1.54) is 42.5 Å². The van der Waals surface area contributed by atoms with Gasteiger partial charge in [-0.05, 0) is 43.5 Å². The molecule has 2 aromatic rings. The fraction of sp³-hybridized carbons (Fsp3) is 0.529. The highest BCUT2D eigenvalue weighted by Gasteiger charge is 2.22. The number of aryl methyl sites for hydroxylation is 1. The number of para-hydroxylation sites is 1. The Balaban J connectivity index is 1.61. The molecule has 2 heterocycles. The molecule has 108 valence electrons. The summed E-state index contributed by atoms with van der Waals surface area (Å²) in [5.41, 5.74) is 2.69. The first-order valence-corrected chi connectivity index (χ1v) is 7.77. The highest BCUT2D eigenvalue weighted by atomic mass is 15.2. The van der Waals surface area contributed by atoms with E-state index in [0.29, 0.717) is 0 Å². The molecular formula is C17H25N3. The van der Waals surface area contributed by atoms with E-state index in [-0.39, 0.29) is 0 Å². The van der Waals surface area contributed by atoms with Gasteiger partial charge in [0.15, 0.2) is 0 Å². The molecule has 1 atom stereocenters. The molecule has 3 rings (SSSR count). The Bertz CT molecular complexity index is 573. The molecule has 1 aliphatic rings. The molecule has 0 spiro atoms. The number of rotatable bonds is 5. The zero-order valence-electron chi connectivity index (χ0n) is 12.6. The first-order valence-electron chi connectivity index (χ1n) is 7.77. The summed E-state index contributed by atoms with van der Waals surface area (Å²) in [4.78, 5) is 2.59. The van der Waals surface area contributed by atoms with Gasteiger partial charge in [0.1, 0.15) is 0 Å². The minimum Gasteiger partial charge on any atom is -0.346 e. The molecule has 0 bridgehead atoms. The maximum Gasteiger partial charge on any atom is 0.0480 e. The van der Waals surface area contributed by atoms with Gasteiger partial charge in [-0.15, -0.1) is 0 Å². The third-order valence-corrected chi connectivity index (χ3v) is 4.64. The monoisotopic (exact) mass is 271 g/mol.